The third-order valence-electron chi connectivity index (χ3n) is 2.26. The topological polar surface area (TPSA) is 29.5 Å². The highest BCUT2D eigenvalue weighted by Gasteiger charge is 2.16. The Balaban J connectivity index is 2.43. The molecule has 0 saturated heterocycles. The Morgan fingerprint density at radius 1 is 1.46 bits per heavy atom. The Hall–Kier alpha value is -0.570. The predicted octanol–water partition coefficient (Wildman–Crippen LogP) is 1.95. The molecule has 1 aliphatic rings. The van der Waals surface area contributed by atoms with Crippen molar-refractivity contribution < 1.29 is 9.84 Å². The lowest BCUT2D eigenvalue weighted by Gasteiger charge is -2.10. The van der Waals surface area contributed by atoms with Gasteiger partial charge in [-0.25, -0.2) is 0 Å². The fraction of sp³-hybridized carbons (Fsp3) is 0.400. The number of halogens is 1. The first kappa shape index (κ1) is 9.00. The summed E-state index contributed by atoms with van der Waals surface area (Å²) in [5.41, 5.74) is 2.04. The van der Waals surface area contributed by atoms with Crippen LogP contribution in [0.15, 0.2) is 18.2 Å². The van der Waals surface area contributed by atoms with Crippen molar-refractivity contribution in [3.05, 3.63) is 34.3 Å². The number of rotatable bonds is 0. The zero-order valence-corrected chi connectivity index (χ0v) is 7.92. The van der Waals surface area contributed by atoms with Crippen molar-refractivity contribution in [2.75, 3.05) is 13.2 Å². The summed E-state index contributed by atoms with van der Waals surface area (Å²) in [6, 6.07) is 5.62. The summed E-state index contributed by atoms with van der Waals surface area (Å²) in [7, 11) is 0. The molecule has 1 heterocycles. The first-order chi connectivity index (χ1) is 6.27. The SMILES string of the molecule is OC1COCCc2ccc(Cl)cc21. The van der Waals surface area contributed by atoms with Gasteiger partial charge < -0.3 is 9.84 Å². The van der Waals surface area contributed by atoms with Crippen LogP contribution in [-0.2, 0) is 11.2 Å². The van der Waals surface area contributed by atoms with Gasteiger partial charge in [-0.05, 0) is 29.7 Å². The highest BCUT2D eigenvalue weighted by atomic mass is 35.5. The monoisotopic (exact) mass is 198 g/mol. The third-order valence-corrected chi connectivity index (χ3v) is 2.49. The second kappa shape index (κ2) is 3.66. The van der Waals surface area contributed by atoms with Crippen molar-refractivity contribution in [3.63, 3.8) is 0 Å². The van der Waals surface area contributed by atoms with Crippen LogP contribution in [0.4, 0.5) is 0 Å². The van der Waals surface area contributed by atoms with E-state index in [9.17, 15) is 5.11 Å². The molecule has 0 aromatic heterocycles. The van der Waals surface area contributed by atoms with E-state index in [1.54, 1.807) is 0 Å². The molecule has 70 valence electrons. The van der Waals surface area contributed by atoms with E-state index < -0.39 is 6.10 Å². The number of ether oxygens (including phenoxy) is 1. The van der Waals surface area contributed by atoms with Gasteiger partial charge in [0.1, 0.15) is 6.10 Å². The minimum absolute atomic E-state index is 0.368. The molecule has 0 saturated carbocycles. The first-order valence-corrected chi connectivity index (χ1v) is 4.69. The number of hydrogen-bond donors (Lipinski definition) is 1. The van der Waals surface area contributed by atoms with Crippen LogP contribution < -0.4 is 0 Å². The molecular formula is C10H11ClO2. The van der Waals surface area contributed by atoms with Gasteiger partial charge in [-0.1, -0.05) is 17.7 Å². The Kier molecular flexibility index (Phi) is 2.54. The zero-order valence-electron chi connectivity index (χ0n) is 7.16. The van der Waals surface area contributed by atoms with E-state index in [0.717, 1.165) is 17.5 Å². The molecule has 2 nitrogen and oxygen atoms in total. The predicted molar refractivity (Wildman–Crippen MR) is 50.9 cm³/mol. The van der Waals surface area contributed by atoms with Gasteiger partial charge in [0.05, 0.1) is 13.2 Å². The molecule has 3 heteroatoms. The van der Waals surface area contributed by atoms with Gasteiger partial charge in [0.15, 0.2) is 0 Å². The molecule has 1 aliphatic heterocycles. The largest absolute Gasteiger partial charge is 0.386 e. The molecule has 0 spiro atoms. The van der Waals surface area contributed by atoms with Crippen LogP contribution in [0, 0.1) is 0 Å². The summed E-state index contributed by atoms with van der Waals surface area (Å²) >= 11 is 5.84. The molecule has 0 fully saturated rings. The molecule has 1 atom stereocenters. The Labute approximate surface area is 82.1 Å². The smallest absolute Gasteiger partial charge is 0.103 e. The average molecular weight is 199 g/mol. The highest BCUT2D eigenvalue weighted by Crippen LogP contribution is 2.25. The average Bonchev–Trinajstić information content (AvgIpc) is 2.29. The fourth-order valence-electron chi connectivity index (χ4n) is 1.57. The van der Waals surface area contributed by atoms with Crippen LogP contribution >= 0.6 is 11.6 Å². The minimum atomic E-state index is -0.531. The number of aliphatic hydroxyl groups is 1. The summed E-state index contributed by atoms with van der Waals surface area (Å²) in [5.74, 6) is 0. The lowest BCUT2D eigenvalue weighted by atomic mass is 10.0. The van der Waals surface area contributed by atoms with Crippen LogP contribution in [0.3, 0.4) is 0 Å². The second-order valence-corrected chi connectivity index (χ2v) is 3.62. The maximum atomic E-state index is 9.68. The van der Waals surface area contributed by atoms with Crippen LogP contribution in [0.5, 0.6) is 0 Å². The van der Waals surface area contributed by atoms with Crippen LogP contribution in [0.25, 0.3) is 0 Å². The van der Waals surface area contributed by atoms with Crippen molar-refractivity contribution in [1.82, 2.24) is 0 Å². The molecule has 2 rings (SSSR count). The van der Waals surface area contributed by atoms with Crippen molar-refractivity contribution in [2.45, 2.75) is 12.5 Å². The summed E-state index contributed by atoms with van der Waals surface area (Å²) < 4.78 is 5.24. The van der Waals surface area contributed by atoms with Crippen molar-refractivity contribution >= 4 is 11.6 Å². The van der Waals surface area contributed by atoms with Gasteiger partial charge >= 0.3 is 0 Å². The minimum Gasteiger partial charge on any atom is -0.386 e. The highest BCUT2D eigenvalue weighted by molar-refractivity contribution is 6.30. The number of fused-ring (bicyclic) bond motifs is 1. The molecule has 1 N–H and O–H groups in total. The number of benzene rings is 1. The molecule has 1 aromatic rings. The summed E-state index contributed by atoms with van der Waals surface area (Å²) in [6.07, 6.45) is 0.319. The Bertz CT molecular complexity index is 312. The number of aliphatic hydroxyl groups excluding tert-OH is 1. The lowest BCUT2D eigenvalue weighted by Crippen LogP contribution is -2.04. The Morgan fingerprint density at radius 2 is 2.31 bits per heavy atom. The van der Waals surface area contributed by atoms with E-state index in [1.165, 1.54) is 0 Å². The van der Waals surface area contributed by atoms with Crippen LogP contribution in [0.2, 0.25) is 5.02 Å². The van der Waals surface area contributed by atoms with Crippen LogP contribution in [0.1, 0.15) is 17.2 Å². The molecule has 0 amide bonds. The summed E-state index contributed by atoms with van der Waals surface area (Å²) in [4.78, 5) is 0. The molecule has 1 unspecified atom stereocenters. The van der Waals surface area contributed by atoms with Gasteiger partial charge in [-0.15, -0.1) is 0 Å². The third kappa shape index (κ3) is 1.85. The molecule has 0 aliphatic carbocycles. The molecule has 0 bridgehead atoms. The molecular weight excluding hydrogens is 188 g/mol. The van der Waals surface area contributed by atoms with E-state index in [-0.39, 0.29) is 0 Å². The van der Waals surface area contributed by atoms with Gasteiger partial charge in [0.25, 0.3) is 0 Å². The van der Waals surface area contributed by atoms with Gasteiger partial charge in [0, 0.05) is 5.02 Å². The summed E-state index contributed by atoms with van der Waals surface area (Å²) in [5, 5.41) is 10.3. The maximum absolute atomic E-state index is 9.68. The first-order valence-electron chi connectivity index (χ1n) is 4.31. The van der Waals surface area contributed by atoms with Gasteiger partial charge in [-0.2, -0.15) is 0 Å². The fourth-order valence-corrected chi connectivity index (χ4v) is 1.75. The molecule has 13 heavy (non-hydrogen) atoms. The van der Waals surface area contributed by atoms with Crippen molar-refractivity contribution in [2.24, 2.45) is 0 Å². The maximum Gasteiger partial charge on any atom is 0.103 e. The zero-order chi connectivity index (χ0) is 9.26. The van der Waals surface area contributed by atoms with E-state index >= 15 is 0 Å². The molecule has 0 radical (unpaired) electrons. The van der Waals surface area contributed by atoms with Crippen molar-refractivity contribution in [1.29, 1.82) is 0 Å². The van der Waals surface area contributed by atoms with Crippen molar-refractivity contribution in [3.8, 4) is 0 Å². The van der Waals surface area contributed by atoms with Crippen LogP contribution in [-0.4, -0.2) is 18.3 Å². The van der Waals surface area contributed by atoms with E-state index in [0.29, 0.717) is 18.2 Å². The van der Waals surface area contributed by atoms with E-state index in [1.807, 2.05) is 18.2 Å². The lowest BCUT2D eigenvalue weighted by molar-refractivity contribution is 0.0452. The standard InChI is InChI=1S/C10H11ClO2/c11-8-2-1-7-3-4-13-6-10(12)9(7)5-8/h1-2,5,10,12H,3-4,6H2. The summed E-state index contributed by atoms with van der Waals surface area (Å²) in [6.45, 7) is 1.04. The van der Waals surface area contributed by atoms with E-state index in [4.69, 9.17) is 16.3 Å². The van der Waals surface area contributed by atoms with Gasteiger partial charge in [0.2, 0.25) is 0 Å². The number of hydrogen-bond acceptors (Lipinski definition) is 2. The van der Waals surface area contributed by atoms with E-state index in [2.05, 4.69) is 0 Å². The molecule has 1 aromatic carbocycles. The van der Waals surface area contributed by atoms with Gasteiger partial charge in [-0.3, -0.25) is 0 Å². The normalized spacial score (nSPS) is 22.2. The second-order valence-electron chi connectivity index (χ2n) is 3.18. The quantitative estimate of drug-likeness (QED) is 0.691. The Morgan fingerprint density at radius 3 is 3.15 bits per heavy atom.